The van der Waals surface area contributed by atoms with Crippen molar-refractivity contribution in [1.82, 2.24) is 5.32 Å². The minimum absolute atomic E-state index is 0.0517. The van der Waals surface area contributed by atoms with Crippen molar-refractivity contribution >= 4 is 0 Å². The number of rotatable bonds is 5. The van der Waals surface area contributed by atoms with E-state index >= 15 is 0 Å². The normalized spacial score (nSPS) is 13.6. The zero-order valence-electron chi connectivity index (χ0n) is 9.89. The molecule has 1 atom stereocenters. The molecule has 102 valence electrons. The third kappa shape index (κ3) is 4.91. The number of benzene rings is 1. The van der Waals surface area contributed by atoms with E-state index in [1.807, 2.05) is 0 Å². The van der Waals surface area contributed by atoms with Crippen LogP contribution in [0.4, 0.5) is 17.6 Å². The van der Waals surface area contributed by atoms with E-state index in [1.165, 1.54) is 6.07 Å². The first-order chi connectivity index (χ1) is 8.29. The van der Waals surface area contributed by atoms with Crippen LogP contribution in [0.5, 0.6) is 5.75 Å². The van der Waals surface area contributed by atoms with Gasteiger partial charge in [0.15, 0.2) is 0 Å². The lowest BCUT2D eigenvalue weighted by molar-refractivity contribution is -0.135. The molecule has 2 nitrogen and oxygen atoms in total. The van der Waals surface area contributed by atoms with Crippen LogP contribution in [0.1, 0.15) is 31.4 Å². The Bertz CT molecular complexity index is 392. The minimum Gasteiger partial charge on any atom is -0.508 e. The SMILES string of the molecule is CC(NCCCC(F)(F)F)c1cc(F)ccc1O. The van der Waals surface area contributed by atoms with Crippen LogP contribution in [0, 0.1) is 5.82 Å². The lowest BCUT2D eigenvalue weighted by Crippen LogP contribution is -2.21. The number of phenols is 1. The molecule has 0 amide bonds. The van der Waals surface area contributed by atoms with Crippen molar-refractivity contribution in [3.8, 4) is 5.75 Å². The van der Waals surface area contributed by atoms with Gasteiger partial charge in [0.05, 0.1) is 0 Å². The molecule has 0 aliphatic rings. The van der Waals surface area contributed by atoms with E-state index in [4.69, 9.17) is 0 Å². The molecule has 0 aliphatic carbocycles. The maximum Gasteiger partial charge on any atom is 0.389 e. The highest BCUT2D eigenvalue weighted by Gasteiger charge is 2.26. The Morgan fingerprint density at radius 3 is 2.61 bits per heavy atom. The van der Waals surface area contributed by atoms with Crippen LogP contribution in [0.15, 0.2) is 18.2 Å². The highest BCUT2D eigenvalue weighted by molar-refractivity contribution is 5.34. The molecular formula is C12H15F4NO. The zero-order chi connectivity index (χ0) is 13.8. The van der Waals surface area contributed by atoms with Crippen molar-refractivity contribution in [3.05, 3.63) is 29.6 Å². The first-order valence-corrected chi connectivity index (χ1v) is 5.58. The highest BCUT2D eigenvalue weighted by Crippen LogP contribution is 2.25. The molecule has 1 aromatic rings. The Kier molecular flexibility index (Phi) is 4.95. The molecular weight excluding hydrogens is 250 g/mol. The summed E-state index contributed by atoms with van der Waals surface area (Å²) in [6.45, 7) is 1.80. The molecule has 0 saturated carbocycles. The Morgan fingerprint density at radius 1 is 1.33 bits per heavy atom. The summed E-state index contributed by atoms with van der Waals surface area (Å²) in [4.78, 5) is 0. The summed E-state index contributed by atoms with van der Waals surface area (Å²) < 4.78 is 48.7. The third-order valence-electron chi connectivity index (χ3n) is 2.54. The second-order valence-corrected chi connectivity index (χ2v) is 4.10. The third-order valence-corrected chi connectivity index (χ3v) is 2.54. The van der Waals surface area contributed by atoms with Gasteiger partial charge < -0.3 is 10.4 Å². The molecule has 2 N–H and O–H groups in total. The summed E-state index contributed by atoms with van der Waals surface area (Å²) in [5.41, 5.74) is 0.335. The van der Waals surface area contributed by atoms with E-state index in [9.17, 15) is 22.7 Å². The summed E-state index contributed by atoms with van der Waals surface area (Å²) in [5, 5.41) is 12.3. The van der Waals surface area contributed by atoms with Gasteiger partial charge in [-0.15, -0.1) is 0 Å². The monoisotopic (exact) mass is 265 g/mol. The second kappa shape index (κ2) is 6.04. The number of aromatic hydroxyl groups is 1. The molecule has 1 unspecified atom stereocenters. The minimum atomic E-state index is -4.16. The Morgan fingerprint density at radius 2 is 2.00 bits per heavy atom. The standard InChI is InChI=1S/C12H15F4NO/c1-8(17-6-2-5-12(14,15)16)10-7-9(13)3-4-11(10)18/h3-4,7-8,17-18H,2,5-6H2,1H3. The topological polar surface area (TPSA) is 32.3 Å². The van der Waals surface area contributed by atoms with Gasteiger partial charge in [-0.05, 0) is 38.1 Å². The fraction of sp³-hybridized carbons (Fsp3) is 0.500. The van der Waals surface area contributed by atoms with Gasteiger partial charge in [-0.3, -0.25) is 0 Å². The molecule has 0 aliphatic heterocycles. The highest BCUT2D eigenvalue weighted by atomic mass is 19.4. The molecule has 0 aromatic heterocycles. The van der Waals surface area contributed by atoms with Gasteiger partial charge in [0.1, 0.15) is 11.6 Å². The zero-order valence-corrected chi connectivity index (χ0v) is 9.89. The van der Waals surface area contributed by atoms with Crippen molar-refractivity contribution in [1.29, 1.82) is 0 Å². The van der Waals surface area contributed by atoms with Crippen molar-refractivity contribution in [2.75, 3.05) is 6.54 Å². The lowest BCUT2D eigenvalue weighted by atomic mass is 10.1. The molecule has 0 heterocycles. The number of halogens is 4. The molecule has 0 radical (unpaired) electrons. The van der Waals surface area contributed by atoms with E-state index in [-0.39, 0.29) is 18.7 Å². The predicted octanol–water partition coefficient (Wildman–Crippen LogP) is 3.52. The number of hydrogen-bond acceptors (Lipinski definition) is 2. The number of alkyl halides is 3. The second-order valence-electron chi connectivity index (χ2n) is 4.10. The summed E-state index contributed by atoms with van der Waals surface area (Å²) in [6, 6.07) is 3.10. The van der Waals surface area contributed by atoms with E-state index in [1.54, 1.807) is 6.92 Å². The van der Waals surface area contributed by atoms with Gasteiger partial charge in [-0.2, -0.15) is 13.2 Å². The summed E-state index contributed by atoms with van der Waals surface area (Å²) >= 11 is 0. The Balaban J connectivity index is 2.45. The molecule has 6 heteroatoms. The van der Waals surface area contributed by atoms with Crippen molar-refractivity contribution in [2.45, 2.75) is 32.0 Å². The van der Waals surface area contributed by atoms with Crippen LogP contribution in [0.3, 0.4) is 0 Å². The summed E-state index contributed by atoms with van der Waals surface area (Å²) in [7, 11) is 0. The van der Waals surface area contributed by atoms with Crippen LogP contribution < -0.4 is 5.32 Å². The molecule has 0 spiro atoms. The predicted molar refractivity (Wildman–Crippen MR) is 59.8 cm³/mol. The van der Waals surface area contributed by atoms with E-state index in [2.05, 4.69) is 5.32 Å². The van der Waals surface area contributed by atoms with E-state index in [0.29, 0.717) is 5.56 Å². The van der Waals surface area contributed by atoms with Gasteiger partial charge in [0.25, 0.3) is 0 Å². The summed E-state index contributed by atoms with van der Waals surface area (Å²) in [6.07, 6.45) is -5.07. The molecule has 0 bridgehead atoms. The van der Waals surface area contributed by atoms with Gasteiger partial charge in [-0.1, -0.05) is 0 Å². The van der Waals surface area contributed by atoms with Gasteiger partial charge in [0, 0.05) is 18.0 Å². The summed E-state index contributed by atoms with van der Waals surface area (Å²) in [5.74, 6) is -0.570. The average molecular weight is 265 g/mol. The number of nitrogens with one attached hydrogen (secondary N) is 1. The number of phenolic OH excluding ortho intramolecular Hbond substituents is 1. The quantitative estimate of drug-likeness (QED) is 0.630. The van der Waals surface area contributed by atoms with Crippen molar-refractivity contribution < 1.29 is 22.7 Å². The van der Waals surface area contributed by atoms with Crippen LogP contribution in [-0.2, 0) is 0 Å². The maximum atomic E-state index is 13.0. The first-order valence-electron chi connectivity index (χ1n) is 5.58. The van der Waals surface area contributed by atoms with Crippen LogP contribution >= 0.6 is 0 Å². The van der Waals surface area contributed by atoms with Gasteiger partial charge in [0.2, 0.25) is 0 Å². The van der Waals surface area contributed by atoms with Crippen molar-refractivity contribution in [2.24, 2.45) is 0 Å². The van der Waals surface area contributed by atoms with Crippen molar-refractivity contribution in [3.63, 3.8) is 0 Å². The first kappa shape index (κ1) is 14.8. The lowest BCUT2D eigenvalue weighted by Gasteiger charge is -2.16. The fourth-order valence-electron chi connectivity index (χ4n) is 1.59. The van der Waals surface area contributed by atoms with Gasteiger partial charge in [-0.25, -0.2) is 4.39 Å². The maximum absolute atomic E-state index is 13.0. The van der Waals surface area contributed by atoms with Crippen LogP contribution in [0.2, 0.25) is 0 Å². The molecule has 0 saturated heterocycles. The molecule has 0 fully saturated rings. The Hall–Kier alpha value is -1.30. The van der Waals surface area contributed by atoms with E-state index < -0.39 is 24.5 Å². The van der Waals surface area contributed by atoms with E-state index in [0.717, 1.165) is 12.1 Å². The largest absolute Gasteiger partial charge is 0.508 e. The smallest absolute Gasteiger partial charge is 0.389 e. The fourth-order valence-corrected chi connectivity index (χ4v) is 1.59. The molecule has 1 rings (SSSR count). The molecule has 1 aromatic carbocycles. The van der Waals surface area contributed by atoms with Crippen LogP contribution in [-0.4, -0.2) is 17.8 Å². The Labute approximate surface area is 103 Å². The number of hydrogen-bond donors (Lipinski definition) is 2. The average Bonchev–Trinajstić information content (AvgIpc) is 2.26. The van der Waals surface area contributed by atoms with Gasteiger partial charge >= 0.3 is 6.18 Å². The molecule has 18 heavy (non-hydrogen) atoms. The van der Waals surface area contributed by atoms with Crippen LogP contribution in [0.25, 0.3) is 0 Å².